The van der Waals surface area contributed by atoms with Crippen molar-refractivity contribution in [1.29, 1.82) is 0 Å². The lowest BCUT2D eigenvalue weighted by Gasteiger charge is -2.14. The molecule has 6 heteroatoms. The molecule has 1 aromatic carbocycles. The summed E-state index contributed by atoms with van der Waals surface area (Å²) in [6.45, 7) is 0. The minimum atomic E-state index is 0.0842. The normalized spacial score (nSPS) is 12.3. The summed E-state index contributed by atoms with van der Waals surface area (Å²) < 4.78 is 12.8. The van der Waals surface area contributed by atoms with Crippen LogP contribution in [0.15, 0.2) is 32.5 Å². The van der Waals surface area contributed by atoms with E-state index < -0.39 is 0 Å². The van der Waals surface area contributed by atoms with Crippen molar-refractivity contribution >= 4 is 59.1 Å². The van der Waals surface area contributed by atoms with Crippen molar-refractivity contribution in [3.63, 3.8) is 0 Å². The Balaban J connectivity index is 2.40. The van der Waals surface area contributed by atoms with Gasteiger partial charge in [0, 0.05) is 21.0 Å². The van der Waals surface area contributed by atoms with Crippen molar-refractivity contribution in [2.24, 2.45) is 0 Å². The maximum atomic E-state index is 5.44. The largest absolute Gasteiger partial charge is 0.497 e. The van der Waals surface area contributed by atoms with Gasteiger partial charge in [0.15, 0.2) is 0 Å². The molecular formula is C13H11Br3O2S. The summed E-state index contributed by atoms with van der Waals surface area (Å²) in [7, 11) is 3.31. The van der Waals surface area contributed by atoms with Crippen LogP contribution in [0, 0.1) is 0 Å². The van der Waals surface area contributed by atoms with Gasteiger partial charge in [0.25, 0.3) is 0 Å². The highest BCUT2D eigenvalue weighted by atomic mass is 79.9. The van der Waals surface area contributed by atoms with Gasteiger partial charge in [-0.2, -0.15) is 0 Å². The number of benzene rings is 1. The molecule has 1 aromatic heterocycles. The molecule has 0 spiro atoms. The highest BCUT2D eigenvalue weighted by Crippen LogP contribution is 2.44. The third-order valence-corrected chi connectivity index (χ3v) is 7.24. The lowest BCUT2D eigenvalue weighted by atomic mass is 10.1. The molecule has 0 saturated heterocycles. The molecule has 0 fully saturated rings. The Bertz CT molecular complexity index is 564. The Labute approximate surface area is 141 Å². The van der Waals surface area contributed by atoms with E-state index in [0.29, 0.717) is 0 Å². The van der Waals surface area contributed by atoms with Crippen molar-refractivity contribution in [3.8, 4) is 11.5 Å². The Morgan fingerprint density at radius 2 is 1.84 bits per heavy atom. The predicted molar refractivity (Wildman–Crippen MR) is 90.0 cm³/mol. The summed E-state index contributed by atoms with van der Waals surface area (Å²) in [5, 5.41) is 0. The molecule has 2 rings (SSSR count). The molecule has 0 amide bonds. The molecular weight excluding hydrogens is 460 g/mol. The van der Waals surface area contributed by atoms with Crippen LogP contribution < -0.4 is 9.47 Å². The van der Waals surface area contributed by atoms with Crippen molar-refractivity contribution < 1.29 is 9.47 Å². The second-order valence-corrected chi connectivity index (χ2v) is 7.91. The van der Waals surface area contributed by atoms with E-state index >= 15 is 0 Å². The average molecular weight is 471 g/mol. The topological polar surface area (TPSA) is 18.5 Å². The standard InChI is InChI=1S/C13H11Br3O2S/c1-17-7-3-4-8(10(5-7)18-2)12(15)11-6-9(14)13(16)19-11/h3-6,12H,1-2H3. The van der Waals surface area contributed by atoms with Gasteiger partial charge in [-0.05, 0) is 44.0 Å². The Morgan fingerprint density at radius 3 is 2.37 bits per heavy atom. The first-order chi connectivity index (χ1) is 9.06. The Hall–Kier alpha value is -0.0400. The quantitative estimate of drug-likeness (QED) is 0.528. The summed E-state index contributed by atoms with van der Waals surface area (Å²) in [5.74, 6) is 1.59. The molecule has 1 heterocycles. The molecule has 0 N–H and O–H groups in total. The first-order valence-electron chi connectivity index (χ1n) is 5.37. The number of hydrogen-bond acceptors (Lipinski definition) is 3. The monoisotopic (exact) mass is 468 g/mol. The summed E-state index contributed by atoms with van der Waals surface area (Å²) in [6.07, 6.45) is 0. The van der Waals surface area contributed by atoms with Gasteiger partial charge in [0.2, 0.25) is 0 Å². The molecule has 0 radical (unpaired) electrons. The molecule has 0 saturated carbocycles. The lowest BCUT2D eigenvalue weighted by molar-refractivity contribution is 0.391. The van der Waals surface area contributed by atoms with E-state index in [1.807, 2.05) is 18.2 Å². The van der Waals surface area contributed by atoms with Crippen molar-refractivity contribution in [1.82, 2.24) is 0 Å². The van der Waals surface area contributed by atoms with E-state index in [2.05, 4.69) is 53.9 Å². The molecule has 2 aromatic rings. The zero-order chi connectivity index (χ0) is 14.0. The van der Waals surface area contributed by atoms with Gasteiger partial charge in [0.1, 0.15) is 11.5 Å². The van der Waals surface area contributed by atoms with Crippen LogP contribution in [0.2, 0.25) is 0 Å². The predicted octanol–water partition coefficient (Wildman–Crippen LogP) is 5.77. The first-order valence-corrected chi connectivity index (χ1v) is 8.69. The molecule has 0 bridgehead atoms. The third kappa shape index (κ3) is 3.35. The first kappa shape index (κ1) is 15.4. The molecule has 2 nitrogen and oxygen atoms in total. The van der Waals surface area contributed by atoms with E-state index in [-0.39, 0.29) is 4.83 Å². The zero-order valence-corrected chi connectivity index (χ0v) is 15.8. The molecule has 0 aliphatic rings. The van der Waals surface area contributed by atoms with Crippen LogP contribution in [-0.2, 0) is 0 Å². The second-order valence-electron chi connectivity index (χ2n) is 3.74. The fraction of sp³-hybridized carbons (Fsp3) is 0.231. The molecule has 102 valence electrons. The SMILES string of the molecule is COc1ccc(C(Br)c2cc(Br)c(Br)s2)c(OC)c1. The minimum absolute atomic E-state index is 0.0842. The van der Waals surface area contributed by atoms with Crippen LogP contribution >= 0.6 is 59.1 Å². The third-order valence-electron chi connectivity index (χ3n) is 2.63. The van der Waals surface area contributed by atoms with E-state index in [4.69, 9.17) is 9.47 Å². The van der Waals surface area contributed by atoms with E-state index in [1.165, 1.54) is 4.88 Å². The van der Waals surface area contributed by atoms with Gasteiger partial charge in [-0.25, -0.2) is 0 Å². The number of thiophene rings is 1. The van der Waals surface area contributed by atoms with E-state index in [0.717, 1.165) is 25.3 Å². The van der Waals surface area contributed by atoms with Gasteiger partial charge in [-0.1, -0.05) is 22.0 Å². The Morgan fingerprint density at radius 1 is 1.11 bits per heavy atom. The van der Waals surface area contributed by atoms with E-state index in [9.17, 15) is 0 Å². The van der Waals surface area contributed by atoms with Crippen LogP contribution in [0.4, 0.5) is 0 Å². The van der Waals surface area contributed by atoms with Crippen molar-refractivity contribution in [2.75, 3.05) is 14.2 Å². The number of alkyl halides is 1. The van der Waals surface area contributed by atoms with Crippen LogP contribution in [-0.4, -0.2) is 14.2 Å². The maximum Gasteiger partial charge on any atom is 0.127 e. The molecule has 0 aliphatic carbocycles. The highest BCUT2D eigenvalue weighted by Gasteiger charge is 2.19. The Kier molecular flexibility index (Phi) is 5.34. The van der Waals surface area contributed by atoms with Crippen LogP contribution in [0.1, 0.15) is 15.3 Å². The van der Waals surface area contributed by atoms with Gasteiger partial charge in [-0.15, -0.1) is 11.3 Å². The van der Waals surface area contributed by atoms with Crippen LogP contribution in [0.3, 0.4) is 0 Å². The lowest BCUT2D eigenvalue weighted by Crippen LogP contribution is -1.96. The fourth-order valence-electron chi connectivity index (χ4n) is 1.67. The number of halogens is 3. The highest BCUT2D eigenvalue weighted by molar-refractivity contribution is 9.13. The van der Waals surface area contributed by atoms with Crippen molar-refractivity contribution in [2.45, 2.75) is 4.83 Å². The summed E-state index contributed by atoms with van der Waals surface area (Å²) in [6, 6.07) is 7.93. The molecule has 19 heavy (non-hydrogen) atoms. The fourth-order valence-corrected chi connectivity index (χ4v) is 4.55. The second kappa shape index (κ2) is 6.61. The number of hydrogen-bond donors (Lipinski definition) is 0. The molecule has 0 aliphatic heterocycles. The van der Waals surface area contributed by atoms with E-state index in [1.54, 1.807) is 25.6 Å². The van der Waals surface area contributed by atoms with Gasteiger partial charge < -0.3 is 9.47 Å². The average Bonchev–Trinajstić information content (AvgIpc) is 2.77. The van der Waals surface area contributed by atoms with Gasteiger partial charge in [-0.3, -0.25) is 0 Å². The smallest absolute Gasteiger partial charge is 0.127 e. The van der Waals surface area contributed by atoms with Gasteiger partial charge >= 0.3 is 0 Å². The molecule has 1 atom stereocenters. The number of ether oxygens (including phenoxy) is 2. The summed E-state index contributed by atoms with van der Waals surface area (Å²) in [4.78, 5) is 1.28. The summed E-state index contributed by atoms with van der Waals surface area (Å²) >= 11 is 12.4. The number of rotatable bonds is 4. The van der Waals surface area contributed by atoms with Crippen molar-refractivity contribution in [3.05, 3.63) is 43.0 Å². The van der Waals surface area contributed by atoms with Gasteiger partial charge in [0.05, 0.1) is 22.8 Å². The summed E-state index contributed by atoms with van der Waals surface area (Å²) in [5.41, 5.74) is 1.07. The molecule has 1 unspecified atom stereocenters. The minimum Gasteiger partial charge on any atom is -0.497 e. The maximum absolute atomic E-state index is 5.44. The van der Waals surface area contributed by atoms with Crippen LogP contribution in [0.5, 0.6) is 11.5 Å². The number of methoxy groups -OCH3 is 2. The van der Waals surface area contributed by atoms with Crippen LogP contribution in [0.25, 0.3) is 0 Å². The zero-order valence-electron chi connectivity index (χ0n) is 10.2.